The standard InChI is InChI=1S/C21H18F3NO4/c1-4-28-17-8-12(6-7-15(17)22)25-10-14(21(27)29-5-2)20(26)13-9-16(23)18(24)11(3)19(13)25/h6-10H,4-5H2,1-3H3. The lowest BCUT2D eigenvalue weighted by Gasteiger charge is -2.17. The van der Waals surface area contributed by atoms with E-state index in [2.05, 4.69) is 0 Å². The molecule has 0 saturated carbocycles. The smallest absolute Gasteiger partial charge is 0.343 e. The molecule has 29 heavy (non-hydrogen) atoms. The summed E-state index contributed by atoms with van der Waals surface area (Å²) >= 11 is 0. The lowest BCUT2D eigenvalue weighted by atomic mass is 10.1. The molecule has 5 nitrogen and oxygen atoms in total. The van der Waals surface area contributed by atoms with E-state index >= 15 is 0 Å². The van der Waals surface area contributed by atoms with Gasteiger partial charge in [0.05, 0.1) is 24.1 Å². The summed E-state index contributed by atoms with van der Waals surface area (Å²) in [6, 6.07) is 4.60. The first-order valence-electron chi connectivity index (χ1n) is 8.93. The van der Waals surface area contributed by atoms with Crippen molar-refractivity contribution in [1.29, 1.82) is 0 Å². The van der Waals surface area contributed by atoms with Crippen molar-refractivity contribution in [2.45, 2.75) is 20.8 Å². The van der Waals surface area contributed by atoms with Gasteiger partial charge < -0.3 is 14.0 Å². The highest BCUT2D eigenvalue weighted by molar-refractivity contribution is 5.95. The Morgan fingerprint density at radius 2 is 1.79 bits per heavy atom. The first-order chi connectivity index (χ1) is 13.8. The molecule has 3 rings (SSSR count). The molecule has 0 amide bonds. The predicted octanol–water partition coefficient (Wildman–Crippen LogP) is 4.29. The minimum atomic E-state index is -1.21. The Labute approximate surface area is 164 Å². The van der Waals surface area contributed by atoms with E-state index in [-0.39, 0.29) is 41.0 Å². The van der Waals surface area contributed by atoms with Gasteiger partial charge in [-0.2, -0.15) is 0 Å². The van der Waals surface area contributed by atoms with E-state index in [4.69, 9.17) is 9.47 Å². The average molecular weight is 405 g/mol. The number of halogens is 3. The number of carbonyl (C=O) groups is 1. The molecule has 2 aromatic carbocycles. The van der Waals surface area contributed by atoms with Crippen LogP contribution in [0.5, 0.6) is 5.75 Å². The summed E-state index contributed by atoms with van der Waals surface area (Å²) in [4.78, 5) is 25.0. The van der Waals surface area contributed by atoms with Crippen molar-refractivity contribution in [1.82, 2.24) is 4.57 Å². The molecule has 0 fully saturated rings. The van der Waals surface area contributed by atoms with Crippen LogP contribution < -0.4 is 10.2 Å². The Morgan fingerprint density at radius 3 is 2.45 bits per heavy atom. The molecule has 0 aliphatic carbocycles. The van der Waals surface area contributed by atoms with Gasteiger partial charge in [-0.25, -0.2) is 18.0 Å². The highest BCUT2D eigenvalue weighted by Crippen LogP contribution is 2.28. The topological polar surface area (TPSA) is 57.5 Å². The van der Waals surface area contributed by atoms with Crippen molar-refractivity contribution in [2.24, 2.45) is 0 Å². The second-order valence-corrected chi connectivity index (χ2v) is 6.20. The van der Waals surface area contributed by atoms with E-state index < -0.39 is 28.8 Å². The second-order valence-electron chi connectivity index (χ2n) is 6.20. The van der Waals surface area contributed by atoms with Crippen molar-refractivity contribution in [3.8, 4) is 11.4 Å². The van der Waals surface area contributed by atoms with E-state index in [9.17, 15) is 22.8 Å². The van der Waals surface area contributed by atoms with Gasteiger partial charge in [-0.05, 0) is 39.0 Å². The van der Waals surface area contributed by atoms with Crippen LogP contribution in [0.15, 0.2) is 35.3 Å². The number of esters is 1. The largest absolute Gasteiger partial charge is 0.491 e. The maximum Gasteiger partial charge on any atom is 0.343 e. The van der Waals surface area contributed by atoms with E-state index in [0.717, 1.165) is 12.1 Å². The van der Waals surface area contributed by atoms with E-state index in [1.54, 1.807) is 13.8 Å². The summed E-state index contributed by atoms with van der Waals surface area (Å²) in [6.07, 6.45) is 1.18. The monoisotopic (exact) mass is 405 g/mol. The van der Waals surface area contributed by atoms with Crippen molar-refractivity contribution in [3.05, 3.63) is 69.3 Å². The average Bonchev–Trinajstić information content (AvgIpc) is 2.69. The molecule has 3 aromatic rings. The van der Waals surface area contributed by atoms with Crippen LogP contribution in [0.1, 0.15) is 29.8 Å². The molecule has 0 N–H and O–H groups in total. The Hall–Kier alpha value is -3.29. The number of aryl methyl sites for hydroxylation is 1. The molecular formula is C21H18F3NO4. The first-order valence-corrected chi connectivity index (χ1v) is 8.93. The van der Waals surface area contributed by atoms with Crippen LogP contribution in [0.2, 0.25) is 0 Å². The van der Waals surface area contributed by atoms with Gasteiger partial charge in [-0.1, -0.05) is 0 Å². The van der Waals surface area contributed by atoms with Gasteiger partial charge in [0.25, 0.3) is 0 Å². The number of rotatable bonds is 5. The first kappa shape index (κ1) is 20.4. The summed E-state index contributed by atoms with van der Waals surface area (Å²) in [6.45, 7) is 4.80. The number of nitrogens with zero attached hydrogens (tertiary/aromatic N) is 1. The zero-order valence-electron chi connectivity index (χ0n) is 16.0. The zero-order valence-corrected chi connectivity index (χ0v) is 16.0. The molecule has 0 unspecified atom stereocenters. The van der Waals surface area contributed by atoms with Gasteiger partial charge in [0, 0.05) is 23.5 Å². The Bertz CT molecular complexity index is 1170. The van der Waals surface area contributed by atoms with Crippen LogP contribution in [0.25, 0.3) is 16.6 Å². The SMILES string of the molecule is CCOC(=O)c1cn(-c2ccc(F)c(OCC)c2)c2c(C)c(F)c(F)cc2c1=O. The number of ether oxygens (including phenoxy) is 2. The number of carbonyl (C=O) groups excluding carboxylic acids is 1. The third-order valence-electron chi connectivity index (χ3n) is 4.40. The number of pyridine rings is 1. The van der Waals surface area contributed by atoms with Crippen LogP contribution in [0.4, 0.5) is 13.2 Å². The van der Waals surface area contributed by atoms with Crippen molar-refractivity contribution in [2.75, 3.05) is 13.2 Å². The van der Waals surface area contributed by atoms with E-state index in [0.29, 0.717) is 5.69 Å². The van der Waals surface area contributed by atoms with Crippen LogP contribution >= 0.6 is 0 Å². The predicted molar refractivity (Wildman–Crippen MR) is 101 cm³/mol. The van der Waals surface area contributed by atoms with Crippen molar-refractivity contribution >= 4 is 16.9 Å². The molecule has 1 aromatic heterocycles. The molecule has 0 aliphatic rings. The van der Waals surface area contributed by atoms with Crippen LogP contribution in [0, 0.1) is 24.4 Å². The van der Waals surface area contributed by atoms with Gasteiger partial charge in [0.15, 0.2) is 23.2 Å². The summed E-state index contributed by atoms with van der Waals surface area (Å²) in [5.41, 5.74) is -0.929. The lowest BCUT2D eigenvalue weighted by molar-refractivity contribution is 0.0524. The molecule has 0 radical (unpaired) electrons. The van der Waals surface area contributed by atoms with Gasteiger partial charge >= 0.3 is 5.97 Å². The van der Waals surface area contributed by atoms with Gasteiger partial charge in [0.1, 0.15) is 5.56 Å². The number of benzene rings is 2. The highest BCUT2D eigenvalue weighted by Gasteiger charge is 2.22. The van der Waals surface area contributed by atoms with Gasteiger partial charge in [0.2, 0.25) is 5.43 Å². The van der Waals surface area contributed by atoms with Gasteiger partial charge in [-0.15, -0.1) is 0 Å². The molecule has 152 valence electrons. The fraction of sp³-hybridized carbons (Fsp3) is 0.238. The van der Waals surface area contributed by atoms with Crippen LogP contribution in [-0.4, -0.2) is 23.8 Å². The Kier molecular flexibility index (Phi) is 5.63. The summed E-state index contributed by atoms with van der Waals surface area (Å²) in [5, 5.41) is -0.200. The third-order valence-corrected chi connectivity index (χ3v) is 4.40. The maximum absolute atomic E-state index is 14.3. The molecule has 0 aliphatic heterocycles. The van der Waals surface area contributed by atoms with Gasteiger partial charge in [-0.3, -0.25) is 4.79 Å². The highest BCUT2D eigenvalue weighted by atomic mass is 19.2. The number of fused-ring (bicyclic) bond motifs is 1. The quantitative estimate of drug-likeness (QED) is 0.594. The summed E-state index contributed by atoms with van der Waals surface area (Å²) in [7, 11) is 0. The zero-order chi connectivity index (χ0) is 21.3. The molecular weight excluding hydrogens is 387 g/mol. The molecule has 1 heterocycles. The Balaban J connectivity index is 2.43. The van der Waals surface area contributed by atoms with E-state index in [1.807, 2.05) is 0 Å². The fourth-order valence-corrected chi connectivity index (χ4v) is 3.09. The Morgan fingerprint density at radius 1 is 1.07 bits per heavy atom. The lowest BCUT2D eigenvalue weighted by Crippen LogP contribution is -2.21. The molecule has 0 atom stereocenters. The minimum absolute atomic E-state index is 0.0259. The summed E-state index contributed by atoms with van der Waals surface area (Å²) < 4.78 is 53.7. The second kappa shape index (κ2) is 7.98. The number of hydrogen-bond acceptors (Lipinski definition) is 4. The maximum atomic E-state index is 14.3. The summed E-state index contributed by atoms with van der Waals surface area (Å²) in [5.74, 6) is -3.91. The molecule has 8 heteroatoms. The molecule has 0 spiro atoms. The minimum Gasteiger partial charge on any atom is -0.491 e. The van der Waals surface area contributed by atoms with Crippen LogP contribution in [0.3, 0.4) is 0 Å². The van der Waals surface area contributed by atoms with Crippen molar-refractivity contribution in [3.63, 3.8) is 0 Å². The van der Waals surface area contributed by atoms with E-state index in [1.165, 1.54) is 29.8 Å². The third kappa shape index (κ3) is 3.57. The normalized spacial score (nSPS) is 11.0. The van der Waals surface area contributed by atoms with Crippen LogP contribution in [-0.2, 0) is 4.74 Å². The number of hydrogen-bond donors (Lipinski definition) is 0. The number of aromatic nitrogens is 1. The molecule has 0 saturated heterocycles. The molecule has 0 bridgehead atoms. The fourth-order valence-electron chi connectivity index (χ4n) is 3.09. The van der Waals surface area contributed by atoms with Crippen molar-refractivity contribution < 1.29 is 27.4 Å².